The van der Waals surface area contributed by atoms with Gasteiger partial charge in [0.25, 0.3) is 0 Å². The van der Waals surface area contributed by atoms with Crippen molar-refractivity contribution in [2.24, 2.45) is 11.3 Å². The average Bonchev–Trinajstić information content (AvgIpc) is 3.00. The van der Waals surface area contributed by atoms with Crippen LogP contribution in [-0.2, 0) is 0 Å². The Hall–Kier alpha value is -0.890. The minimum Gasteiger partial charge on any atom is -0.388 e. The SMILES string of the molecule is O[C@@H](c1cccc(F)c1)[C@H]1CCC2(CCCC2)C1. The molecule has 0 aliphatic heterocycles. The van der Waals surface area contributed by atoms with Crippen molar-refractivity contribution >= 4 is 0 Å². The van der Waals surface area contributed by atoms with Crippen LogP contribution in [0.2, 0.25) is 0 Å². The number of benzene rings is 1. The first-order chi connectivity index (χ1) is 8.69. The molecule has 2 heteroatoms. The Labute approximate surface area is 108 Å². The van der Waals surface area contributed by atoms with Gasteiger partial charge in [-0.1, -0.05) is 25.0 Å². The molecule has 1 aromatic carbocycles. The van der Waals surface area contributed by atoms with Crippen molar-refractivity contribution < 1.29 is 9.50 Å². The fourth-order valence-electron chi connectivity index (χ4n) is 4.06. The molecule has 2 saturated carbocycles. The molecule has 1 N–H and O–H groups in total. The Morgan fingerprint density at radius 2 is 2.00 bits per heavy atom. The van der Waals surface area contributed by atoms with Crippen LogP contribution in [0, 0.1) is 17.2 Å². The highest BCUT2D eigenvalue weighted by Crippen LogP contribution is 2.55. The molecule has 3 rings (SSSR count). The number of rotatable bonds is 2. The van der Waals surface area contributed by atoms with Gasteiger partial charge in [0.05, 0.1) is 6.10 Å². The van der Waals surface area contributed by atoms with Gasteiger partial charge in [-0.15, -0.1) is 0 Å². The molecule has 2 aliphatic carbocycles. The second-order valence-corrected chi connectivity index (χ2v) is 6.21. The Morgan fingerprint density at radius 3 is 2.72 bits per heavy atom. The number of hydrogen-bond donors (Lipinski definition) is 1. The first-order valence-electron chi connectivity index (χ1n) is 7.12. The second kappa shape index (κ2) is 4.65. The molecule has 0 heterocycles. The minimum absolute atomic E-state index is 0.250. The topological polar surface area (TPSA) is 20.2 Å². The van der Waals surface area contributed by atoms with Gasteiger partial charge in [-0.3, -0.25) is 0 Å². The van der Waals surface area contributed by atoms with Gasteiger partial charge in [0, 0.05) is 0 Å². The van der Waals surface area contributed by atoms with E-state index in [4.69, 9.17) is 0 Å². The molecule has 1 aromatic rings. The number of hydrogen-bond acceptors (Lipinski definition) is 1. The summed E-state index contributed by atoms with van der Waals surface area (Å²) in [4.78, 5) is 0. The molecular formula is C16H21FO. The van der Waals surface area contributed by atoms with Crippen molar-refractivity contribution in [1.29, 1.82) is 0 Å². The van der Waals surface area contributed by atoms with Gasteiger partial charge in [-0.05, 0) is 61.1 Å². The van der Waals surface area contributed by atoms with Crippen molar-refractivity contribution in [3.8, 4) is 0 Å². The standard InChI is InChI=1S/C16H21FO/c17-14-5-3-4-12(10-14)15(18)13-6-9-16(11-13)7-1-2-8-16/h3-5,10,13,15,18H,1-2,6-9,11H2/t13-,15-/m0/s1. The van der Waals surface area contributed by atoms with Crippen molar-refractivity contribution in [3.63, 3.8) is 0 Å². The van der Waals surface area contributed by atoms with Crippen LogP contribution in [0.4, 0.5) is 4.39 Å². The van der Waals surface area contributed by atoms with E-state index in [0.29, 0.717) is 11.3 Å². The van der Waals surface area contributed by atoms with E-state index in [2.05, 4.69) is 0 Å². The summed E-state index contributed by atoms with van der Waals surface area (Å²) in [5.74, 6) is 0.0741. The van der Waals surface area contributed by atoms with Crippen LogP contribution in [0.15, 0.2) is 24.3 Å². The van der Waals surface area contributed by atoms with E-state index >= 15 is 0 Å². The summed E-state index contributed by atoms with van der Waals surface area (Å²) in [6.45, 7) is 0. The van der Waals surface area contributed by atoms with Crippen LogP contribution < -0.4 is 0 Å². The maximum atomic E-state index is 13.2. The maximum absolute atomic E-state index is 13.2. The van der Waals surface area contributed by atoms with Gasteiger partial charge in [0.1, 0.15) is 5.82 Å². The van der Waals surface area contributed by atoms with Gasteiger partial charge in [-0.2, -0.15) is 0 Å². The molecule has 0 bridgehead atoms. The molecule has 2 fully saturated rings. The lowest BCUT2D eigenvalue weighted by atomic mass is 9.82. The van der Waals surface area contributed by atoms with Crippen LogP contribution in [0.3, 0.4) is 0 Å². The predicted octanol–water partition coefficient (Wildman–Crippen LogP) is 4.22. The fourth-order valence-corrected chi connectivity index (χ4v) is 4.06. The van der Waals surface area contributed by atoms with Gasteiger partial charge >= 0.3 is 0 Å². The zero-order valence-electron chi connectivity index (χ0n) is 10.7. The van der Waals surface area contributed by atoms with E-state index in [-0.39, 0.29) is 5.82 Å². The molecule has 2 aliphatic rings. The van der Waals surface area contributed by atoms with Gasteiger partial charge < -0.3 is 5.11 Å². The second-order valence-electron chi connectivity index (χ2n) is 6.21. The maximum Gasteiger partial charge on any atom is 0.123 e. The third-order valence-corrected chi connectivity index (χ3v) is 5.04. The third kappa shape index (κ3) is 2.18. The van der Waals surface area contributed by atoms with Gasteiger partial charge in [0.15, 0.2) is 0 Å². The van der Waals surface area contributed by atoms with E-state index in [0.717, 1.165) is 18.4 Å². The molecule has 0 amide bonds. The Morgan fingerprint density at radius 1 is 1.22 bits per heavy atom. The van der Waals surface area contributed by atoms with Crippen molar-refractivity contribution in [2.45, 2.75) is 51.0 Å². The molecule has 0 saturated heterocycles. The highest BCUT2D eigenvalue weighted by atomic mass is 19.1. The molecule has 1 spiro atoms. The molecule has 0 radical (unpaired) electrons. The van der Waals surface area contributed by atoms with Crippen LogP contribution in [0.1, 0.15) is 56.6 Å². The summed E-state index contributed by atoms with van der Waals surface area (Å²) < 4.78 is 13.2. The van der Waals surface area contributed by atoms with E-state index in [1.807, 2.05) is 6.07 Å². The zero-order chi connectivity index (χ0) is 12.6. The van der Waals surface area contributed by atoms with Crippen LogP contribution >= 0.6 is 0 Å². The van der Waals surface area contributed by atoms with Gasteiger partial charge in [0.2, 0.25) is 0 Å². The van der Waals surface area contributed by atoms with E-state index < -0.39 is 6.10 Å². The highest BCUT2D eigenvalue weighted by Gasteiger charge is 2.43. The lowest BCUT2D eigenvalue weighted by Crippen LogP contribution is -2.15. The molecule has 2 atom stereocenters. The first kappa shape index (κ1) is 12.2. The molecule has 1 nitrogen and oxygen atoms in total. The Kier molecular flexibility index (Phi) is 3.14. The minimum atomic E-state index is -0.485. The first-order valence-corrected chi connectivity index (χ1v) is 7.12. The normalized spacial score (nSPS) is 27.8. The largest absolute Gasteiger partial charge is 0.388 e. The molecule has 98 valence electrons. The summed E-state index contributed by atoms with van der Waals surface area (Å²) in [7, 11) is 0. The Balaban J connectivity index is 1.72. The van der Waals surface area contributed by atoms with Gasteiger partial charge in [-0.25, -0.2) is 4.39 Å². The molecular weight excluding hydrogens is 227 g/mol. The number of aliphatic hydroxyl groups is 1. The quantitative estimate of drug-likeness (QED) is 0.830. The van der Waals surface area contributed by atoms with Crippen LogP contribution in [0.25, 0.3) is 0 Å². The van der Waals surface area contributed by atoms with Crippen molar-refractivity contribution in [2.75, 3.05) is 0 Å². The highest BCUT2D eigenvalue weighted by molar-refractivity contribution is 5.20. The van der Waals surface area contributed by atoms with E-state index in [1.54, 1.807) is 6.07 Å². The summed E-state index contributed by atoms with van der Waals surface area (Å²) in [6.07, 6.45) is 8.36. The van der Waals surface area contributed by atoms with Crippen LogP contribution in [-0.4, -0.2) is 5.11 Å². The number of aliphatic hydroxyl groups excluding tert-OH is 1. The lowest BCUT2D eigenvalue weighted by molar-refractivity contribution is 0.102. The Bertz CT molecular complexity index is 423. The molecule has 0 aromatic heterocycles. The van der Waals surface area contributed by atoms with E-state index in [1.165, 1.54) is 44.2 Å². The zero-order valence-corrected chi connectivity index (χ0v) is 10.7. The lowest BCUT2D eigenvalue weighted by Gasteiger charge is -2.24. The smallest absolute Gasteiger partial charge is 0.123 e. The van der Waals surface area contributed by atoms with Crippen LogP contribution in [0.5, 0.6) is 0 Å². The third-order valence-electron chi connectivity index (χ3n) is 5.04. The van der Waals surface area contributed by atoms with E-state index in [9.17, 15) is 9.50 Å². The summed E-state index contributed by atoms with van der Waals surface area (Å²) in [5.41, 5.74) is 1.26. The predicted molar refractivity (Wildman–Crippen MR) is 69.6 cm³/mol. The average molecular weight is 248 g/mol. The molecule has 0 unspecified atom stereocenters. The summed E-state index contributed by atoms with van der Waals surface area (Å²) >= 11 is 0. The van der Waals surface area contributed by atoms with Crippen molar-refractivity contribution in [1.82, 2.24) is 0 Å². The number of halogens is 1. The van der Waals surface area contributed by atoms with Crippen molar-refractivity contribution in [3.05, 3.63) is 35.6 Å². The summed E-state index contributed by atoms with van der Waals surface area (Å²) in [5, 5.41) is 10.4. The monoisotopic (exact) mass is 248 g/mol. The fraction of sp³-hybridized carbons (Fsp3) is 0.625. The summed E-state index contributed by atoms with van der Waals surface area (Å²) in [6, 6.07) is 6.44. The molecule has 18 heavy (non-hydrogen) atoms.